The first kappa shape index (κ1) is 45.2. The molecule has 0 fully saturated rings. The van der Waals surface area contributed by atoms with Crippen molar-refractivity contribution in [3.8, 4) is 0 Å². The molecule has 47 heavy (non-hydrogen) atoms. The van der Waals surface area contributed by atoms with Gasteiger partial charge < -0.3 is 19.4 Å². The number of benzene rings is 2. The van der Waals surface area contributed by atoms with E-state index in [1.54, 1.807) is 4.70 Å². The minimum Gasteiger partial charge on any atom is -0.493 e. The molecule has 266 valence electrons. The van der Waals surface area contributed by atoms with Crippen LogP contribution < -0.4 is 0 Å². The normalized spacial score (nSPS) is 12.5. The molecule has 0 radical (unpaired) electrons. The van der Waals surface area contributed by atoms with E-state index in [1.165, 1.54) is 68.5 Å². The van der Waals surface area contributed by atoms with Gasteiger partial charge in [0.25, 0.3) is 0 Å². The van der Waals surface area contributed by atoms with E-state index in [0.717, 1.165) is 101 Å². The average molecular weight is 733 g/mol. The largest absolute Gasteiger partial charge is 2.00 e. The fourth-order valence-corrected chi connectivity index (χ4v) is 6.53. The van der Waals surface area contributed by atoms with Crippen molar-refractivity contribution in [3.05, 3.63) is 99.3 Å². The molecule has 0 saturated carbocycles. The van der Waals surface area contributed by atoms with Crippen molar-refractivity contribution >= 4 is 11.4 Å². The number of aryl methyl sites for hydroxylation is 4. The molecule has 3 rings (SSSR count). The maximum Gasteiger partial charge on any atom is 2.00 e. The Kier molecular flexibility index (Phi) is 24.2. The smallest absolute Gasteiger partial charge is 0.493 e. The second-order valence-electron chi connectivity index (χ2n) is 12.5. The van der Waals surface area contributed by atoms with E-state index in [9.17, 15) is 5.53 Å². The van der Waals surface area contributed by atoms with Gasteiger partial charge in [-0.1, -0.05) is 94.9 Å². The Balaban J connectivity index is 0.00000211. The van der Waals surface area contributed by atoms with Crippen molar-refractivity contribution in [2.45, 2.75) is 172 Å². The first-order valence-corrected chi connectivity index (χ1v) is 19.1. The number of nitrogens with zero attached hydrogens (tertiary/aromatic N) is 2. The maximum absolute atomic E-state index is 12.1. The fourth-order valence-electron chi connectivity index (χ4n) is 6.53. The summed E-state index contributed by atoms with van der Waals surface area (Å²) in [6.07, 6.45) is 17.4. The number of allylic oxidation sites excluding steroid dienone is 2. The zero-order chi connectivity index (χ0) is 34.6. The van der Waals surface area contributed by atoms with Crippen LogP contribution in [0.2, 0.25) is 0 Å². The third-order valence-corrected chi connectivity index (χ3v) is 9.27. The van der Waals surface area contributed by atoms with Gasteiger partial charge in [0.15, 0.2) is 0 Å². The minimum absolute atomic E-state index is 0. The second kappa shape index (κ2) is 25.2. The molecule has 0 unspecified atom stereocenters. The Morgan fingerprint density at radius 1 is 0.489 bits per heavy atom. The summed E-state index contributed by atoms with van der Waals surface area (Å²) < 4.78 is 1.59. The zero-order valence-electron chi connectivity index (χ0n) is 32.2. The third-order valence-electron chi connectivity index (χ3n) is 9.27. The Morgan fingerprint density at radius 2 is 0.766 bits per heavy atom. The van der Waals surface area contributed by atoms with Crippen molar-refractivity contribution in [2.24, 2.45) is 0 Å². The fraction of sp³-hybridized carbons (Fsp3) is 0.591. The van der Waals surface area contributed by atoms with Crippen LogP contribution >= 0.6 is 0 Å². The molecule has 0 amide bonds. The van der Waals surface area contributed by atoms with E-state index >= 15 is 0 Å². The molecule has 0 saturated heterocycles. The Labute approximate surface area is 306 Å². The molecular weight excluding hydrogens is 663 g/mol. The number of hydrogen-bond donors (Lipinski definition) is 0. The summed E-state index contributed by atoms with van der Waals surface area (Å²) in [5.41, 5.74) is 28.0. The average Bonchev–Trinajstić information content (AvgIpc) is 3.38. The molecule has 0 atom stereocenters. The van der Waals surface area contributed by atoms with E-state index in [-0.39, 0.29) is 20.4 Å². The monoisotopic (exact) mass is 732 g/mol. The standard InChI is InChI=1S/C36H52N2.2C4H9.Pd/c1-9-17-19-33-34(20-18-10-2)36(30-23-27(13-5)32(16-8)28(14-6)24-30)38(37)35(33)29-21-25(11-3)31(15-7)26(12-4)22-29;2*1-3-4-2;/h21-24H,9-20H2,1-8H3;2*1,3-4H2,2H3;/q;2*-1;+2. The van der Waals surface area contributed by atoms with Crippen molar-refractivity contribution < 1.29 is 25.1 Å². The molecule has 3 heteroatoms. The summed E-state index contributed by atoms with van der Waals surface area (Å²) in [7, 11) is 0. The van der Waals surface area contributed by atoms with Gasteiger partial charge in [-0.05, 0) is 122 Å². The molecular formula is C44H70N2Pd. The Bertz CT molecular complexity index is 1130. The minimum atomic E-state index is 0. The predicted octanol–water partition coefficient (Wildman–Crippen LogP) is 13.9. The first-order valence-electron chi connectivity index (χ1n) is 19.1. The van der Waals surface area contributed by atoms with Crippen LogP contribution in [0.25, 0.3) is 16.9 Å². The van der Waals surface area contributed by atoms with Crippen LogP contribution in [0.4, 0.5) is 0 Å². The van der Waals surface area contributed by atoms with Gasteiger partial charge in [0.1, 0.15) is 0 Å². The zero-order valence-corrected chi connectivity index (χ0v) is 33.8. The Morgan fingerprint density at radius 3 is 0.957 bits per heavy atom. The van der Waals surface area contributed by atoms with E-state index in [4.69, 9.17) is 0 Å². The van der Waals surface area contributed by atoms with Crippen molar-refractivity contribution in [2.75, 3.05) is 0 Å². The van der Waals surface area contributed by atoms with Gasteiger partial charge in [0, 0.05) is 22.3 Å². The quantitative estimate of drug-likeness (QED) is 0.0933. The number of rotatable bonds is 16. The van der Waals surface area contributed by atoms with Gasteiger partial charge in [-0.25, -0.2) is 4.70 Å². The molecule has 0 N–H and O–H groups in total. The van der Waals surface area contributed by atoms with Crippen molar-refractivity contribution in [1.29, 1.82) is 0 Å². The SMILES string of the molecule is CCCCC1=C(c2cc(CC)c(CC)c(CC)c2)[N+](=[N-])C(c2cc(CC)c(CC)c(CC)c2)=C1CCCC.[CH2-]CCC.[CH2-]CCC.[Pd+2]. The molecule has 0 spiro atoms. The number of unbranched alkanes of at least 4 members (excludes halogenated alkanes) is 4. The molecule has 2 aromatic rings. The summed E-state index contributed by atoms with van der Waals surface area (Å²) in [4.78, 5) is 0. The topological polar surface area (TPSA) is 25.3 Å². The van der Waals surface area contributed by atoms with Crippen LogP contribution in [0.3, 0.4) is 0 Å². The Hall–Kier alpha value is -1.82. The van der Waals surface area contributed by atoms with Crippen molar-refractivity contribution in [3.63, 3.8) is 0 Å². The van der Waals surface area contributed by atoms with E-state index in [0.29, 0.717) is 0 Å². The summed E-state index contributed by atoms with van der Waals surface area (Å²) in [5, 5.41) is 0. The second-order valence-corrected chi connectivity index (χ2v) is 12.5. The van der Waals surface area contributed by atoms with Gasteiger partial charge in [0.05, 0.1) is 0 Å². The molecule has 2 aromatic carbocycles. The molecule has 2 nitrogen and oxygen atoms in total. The molecule has 1 heterocycles. The van der Waals surface area contributed by atoms with Crippen molar-refractivity contribution in [1.82, 2.24) is 0 Å². The van der Waals surface area contributed by atoms with Crippen LogP contribution in [0.15, 0.2) is 35.4 Å². The van der Waals surface area contributed by atoms with E-state index in [1.807, 2.05) is 0 Å². The third kappa shape index (κ3) is 12.2. The van der Waals surface area contributed by atoms with Gasteiger partial charge in [-0.2, -0.15) is 12.8 Å². The molecule has 1 aliphatic rings. The summed E-state index contributed by atoms with van der Waals surface area (Å²) in [6.45, 7) is 29.6. The molecule has 0 aliphatic carbocycles. The molecule has 0 aromatic heterocycles. The summed E-state index contributed by atoms with van der Waals surface area (Å²) >= 11 is 0. The van der Waals surface area contributed by atoms with Crippen LogP contribution in [-0.4, -0.2) is 4.70 Å². The summed E-state index contributed by atoms with van der Waals surface area (Å²) in [6, 6.07) is 9.49. The first-order chi connectivity index (χ1) is 22.3. The maximum atomic E-state index is 12.1. The van der Waals surface area contributed by atoms with Gasteiger partial charge >= 0.3 is 20.4 Å². The van der Waals surface area contributed by atoms with Gasteiger partial charge in [-0.3, -0.25) is 0 Å². The van der Waals surface area contributed by atoms with Crippen LogP contribution in [-0.2, 0) is 58.9 Å². The molecule has 0 bridgehead atoms. The van der Waals surface area contributed by atoms with Gasteiger partial charge in [-0.15, -0.1) is 0 Å². The van der Waals surface area contributed by atoms with Crippen LogP contribution in [0.5, 0.6) is 0 Å². The van der Waals surface area contributed by atoms with E-state index in [2.05, 4.69) is 107 Å². The van der Waals surface area contributed by atoms with Crippen LogP contribution in [0, 0.1) is 13.8 Å². The number of hydrogen-bond acceptors (Lipinski definition) is 0. The van der Waals surface area contributed by atoms with Crippen LogP contribution in [0.1, 0.15) is 178 Å². The molecule has 1 aliphatic heterocycles. The summed E-state index contributed by atoms with van der Waals surface area (Å²) in [5.74, 6) is 0. The van der Waals surface area contributed by atoms with Gasteiger partial charge in [0.2, 0.25) is 11.4 Å². The van der Waals surface area contributed by atoms with E-state index < -0.39 is 0 Å². The predicted molar refractivity (Wildman–Crippen MR) is 206 cm³/mol.